The van der Waals surface area contributed by atoms with Crippen molar-refractivity contribution in [3.8, 4) is 12.0 Å². The van der Waals surface area contributed by atoms with Gasteiger partial charge in [-0.05, 0) is 37.4 Å². The molecule has 3 aromatic rings. The number of nitrogens with zero attached hydrogens (tertiary/aromatic N) is 2. The number of benzene rings is 1. The van der Waals surface area contributed by atoms with Gasteiger partial charge in [0.1, 0.15) is 23.0 Å². The quantitative estimate of drug-likeness (QED) is 0.365. The highest BCUT2D eigenvalue weighted by atomic mass is 32.2. The van der Waals surface area contributed by atoms with Crippen LogP contribution in [0.25, 0.3) is 5.88 Å². The van der Waals surface area contributed by atoms with Crippen molar-refractivity contribution < 1.29 is 18.7 Å². The van der Waals surface area contributed by atoms with Crippen molar-refractivity contribution in [2.45, 2.75) is 11.8 Å². The van der Waals surface area contributed by atoms with Gasteiger partial charge < -0.3 is 9.15 Å². The third-order valence-electron chi connectivity index (χ3n) is 3.97. The largest absolute Gasteiger partial charge is 0.454 e. The molecule has 6 nitrogen and oxygen atoms in total. The minimum Gasteiger partial charge on any atom is -0.454 e. The summed E-state index contributed by atoms with van der Waals surface area (Å²) in [6, 6.07) is 12.6. The van der Waals surface area contributed by atoms with Crippen LogP contribution in [-0.4, -0.2) is 29.2 Å². The molecule has 0 aliphatic carbocycles. The molecule has 0 aliphatic heterocycles. The van der Waals surface area contributed by atoms with E-state index < -0.39 is 12.6 Å². The fourth-order valence-electron chi connectivity index (χ4n) is 2.59. The van der Waals surface area contributed by atoms with Gasteiger partial charge in [0.2, 0.25) is 5.88 Å². The third-order valence-corrected chi connectivity index (χ3v) is 4.71. The first-order chi connectivity index (χ1) is 13.0. The number of hydrogen-bond acceptors (Lipinski definition) is 6. The van der Waals surface area contributed by atoms with Crippen LogP contribution in [0.15, 0.2) is 58.1 Å². The molecule has 0 aliphatic rings. The number of aryl methyl sites for hydroxylation is 1. The number of ketones is 1. The number of esters is 1. The number of nitriles is 1. The highest BCUT2D eigenvalue weighted by Gasteiger charge is 2.26. The van der Waals surface area contributed by atoms with Gasteiger partial charge in [-0.15, -0.1) is 11.8 Å². The van der Waals surface area contributed by atoms with E-state index in [4.69, 9.17) is 9.15 Å². The molecule has 0 unspecified atom stereocenters. The number of Topliss-reactive ketones (excluding diaryl/α,β-unsaturated/α-hetero) is 1. The lowest BCUT2D eigenvalue weighted by molar-refractivity contribution is 0.0472. The zero-order chi connectivity index (χ0) is 19.4. The molecule has 0 N–H and O–H groups in total. The average Bonchev–Trinajstić information content (AvgIpc) is 3.33. The van der Waals surface area contributed by atoms with Crippen LogP contribution in [0.4, 0.5) is 0 Å². The number of aromatic nitrogens is 1. The molecule has 7 heteroatoms. The molecule has 0 saturated carbocycles. The number of furan rings is 1. The Morgan fingerprint density at radius 1 is 1.22 bits per heavy atom. The van der Waals surface area contributed by atoms with Crippen LogP contribution in [0.3, 0.4) is 0 Å². The minimum absolute atomic E-state index is 0.0340. The lowest BCUT2D eigenvalue weighted by Gasteiger charge is -2.05. The molecule has 2 aromatic heterocycles. The second kappa shape index (κ2) is 7.98. The maximum atomic E-state index is 12.5. The van der Waals surface area contributed by atoms with Crippen LogP contribution in [0.5, 0.6) is 0 Å². The molecule has 1 aromatic carbocycles. The molecule has 0 radical (unpaired) electrons. The Morgan fingerprint density at radius 2 is 1.89 bits per heavy atom. The fourth-order valence-corrected chi connectivity index (χ4v) is 3.00. The van der Waals surface area contributed by atoms with Crippen molar-refractivity contribution >= 4 is 23.5 Å². The number of thioether (sulfide) groups is 1. The van der Waals surface area contributed by atoms with E-state index in [0.717, 1.165) is 4.90 Å². The standard InChI is InChI=1S/C20H16N2O4S/c1-13-18(16(11-21)19(26-13)22-9-3-4-10-22)20(24)25-12-17(23)14-5-7-15(27-2)8-6-14/h3-10H,12H2,1-2H3. The predicted octanol–water partition coefficient (Wildman–Crippen LogP) is 4.01. The van der Waals surface area contributed by atoms with Gasteiger partial charge in [-0.2, -0.15) is 5.26 Å². The minimum atomic E-state index is -0.764. The van der Waals surface area contributed by atoms with Crippen molar-refractivity contribution in [1.29, 1.82) is 5.26 Å². The zero-order valence-electron chi connectivity index (χ0n) is 14.8. The lowest BCUT2D eigenvalue weighted by atomic mass is 10.1. The topological polar surface area (TPSA) is 85.2 Å². The van der Waals surface area contributed by atoms with E-state index in [1.807, 2.05) is 24.5 Å². The number of rotatable bonds is 6. The van der Waals surface area contributed by atoms with Crippen molar-refractivity contribution in [3.05, 3.63) is 71.2 Å². The van der Waals surface area contributed by atoms with E-state index in [-0.39, 0.29) is 28.6 Å². The molecule has 0 bridgehead atoms. The van der Waals surface area contributed by atoms with Gasteiger partial charge in [0, 0.05) is 22.9 Å². The van der Waals surface area contributed by atoms with E-state index in [1.165, 1.54) is 0 Å². The predicted molar refractivity (Wildman–Crippen MR) is 100 cm³/mol. The second-order valence-corrected chi connectivity index (χ2v) is 6.52. The zero-order valence-corrected chi connectivity index (χ0v) is 15.6. The summed E-state index contributed by atoms with van der Waals surface area (Å²) in [5, 5.41) is 9.47. The molecule has 27 heavy (non-hydrogen) atoms. The first kappa shape index (κ1) is 18.5. The normalized spacial score (nSPS) is 10.4. The molecule has 0 fully saturated rings. The monoisotopic (exact) mass is 380 g/mol. The Labute approximate surface area is 160 Å². The number of carbonyl (C=O) groups excluding carboxylic acids is 2. The summed E-state index contributed by atoms with van der Waals surface area (Å²) in [4.78, 5) is 25.7. The summed E-state index contributed by atoms with van der Waals surface area (Å²) in [5.41, 5.74) is 0.565. The SMILES string of the molecule is CSc1ccc(C(=O)COC(=O)c2c(C)oc(-n3cccc3)c2C#N)cc1. The molecule has 0 atom stereocenters. The van der Waals surface area contributed by atoms with Crippen molar-refractivity contribution in [3.63, 3.8) is 0 Å². The van der Waals surface area contributed by atoms with E-state index in [1.54, 1.807) is 59.9 Å². The van der Waals surface area contributed by atoms with Crippen LogP contribution >= 0.6 is 11.8 Å². The Bertz CT molecular complexity index is 1010. The number of carbonyl (C=O) groups is 2. The number of ether oxygens (including phenoxy) is 1. The summed E-state index contributed by atoms with van der Waals surface area (Å²) in [6.45, 7) is 1.17. The summed E-state index contributed by atoms with van der Waals surface area (Å²) in [5.74, 6) is -0.579. The van der Waals surface area contributed by atoms with E-state index in [0.29, 0.717) is 5.56 Å². The smallest absolute Gasteiger partial charge is 0.343 e. The highest BCUT2D eigenvalue weighted by Crippen LogP contribution is 2.26. The second-order valence-electron chi connectivity index (χ2n) is 5.64. The van der Waals surface area contributed by atoms with Crippen LogP contribution in [0.2, 0.25) is 0 Å². The van der Waals surface area contributed by atoms with E-state index >= 15 is 0 Å². The van der Waals surface area contributed by atoms with Crippen LogP contribution in [0, 0.1) is 18.3 Å². The lowest BCUT2D eigenvalue weighted by Crippen LogP contribution is -2.15. The Hall–Kier alpha value is -3.24. The van der Waals surface area contributed by atoms with Crippen molar-refractivity contribution in [2.24, 2.45) is 0 Å². The van der Waals surface area contributed by atoms with Gasteiger partial charge in [-0.3, -0.25) is 9.36 Å². The fraction of sp³-hybridized carbons (Fsp3) is 0.150. The molecule has 0 amide bonds. The van der Waals surface area contributed by atoms with Crippen LogP contribution in [-0.2, 0) is 4.74 Å². The third kappa shape index (κ3) is 3.81. The summed E-state index contributed by atoms with van der Waals surface area (Å²) >= 11 is 1.57. The van der Waals surface area contributed by atoms with Crippen LogP contribution in [0.1, 0.15) is 32.0 Å². The summed E-state index contributed by atoms with van der Waals surface area (Å²) < 4.78 is 12.3. The first-order valence-corrected chi connectivity index (χ1v) is 9.28. The van der Waals surface area contributed by atoms with Gasteiger partial charge in [0.05, 0.1) is 0 Å². The maximum absolute atomic E-state index is 12.5. The van der Waals surface area contributed by atoms with Crippen molar-refractivity contribution in [1.82, 2.24) is 4.57 Å². The molecular weight excluding hydrogens is 364 g/mol. The van der Waals surface area contributed by atoms with Crippen molar-refractivity contribution in [2.75, 3.05) is 12.9 Å². The molecular formula is C20H16N2O4S. The first-order valence-electron chi connectivity index (χ1n) is 8.06. The summed E-state index contributed by atoms with van der Waals surface area (Å²) in [7, 11) is 0. The van der Waals surface area contributed by atoms with Gasteiger partial charge in [0.25, 0.3) is 0 Å². The number of hydrogen-bond donors (Lipinski definition) is 0. The molecule has 3 rings (SSSR count). The van der Waals surface area contributed by atoms with Crippen LogP contribution < -0.4 is 0 Å². The Kier molecular flexibility index (Phi) is 5.48. The summed E-state index contributed by atoms with van der Waals surface area (Å²) in [6.07, 6.45) is 5.35. The molecule has 136 valence electrons. The van der Waals surface area contributed by atoms with Gasteiger partial charge >= 0.3 is 5.97 Å². The molecule has 0 saturated heterocycles. The van der Waals surface area contributed by atoms with Gasteiger partial charge in [0.15, 0.2) is 12.4 Å². The average molecular weight is 380 g/mol. The molecule has 2 heterocycles. The highest BCUT2D eigenvalue weighted by molar-refractivity contribution is 7.98. The molecule has 0 spiro atoms. The van der Waals surface area contributed by atoms with Gasteiger partial charge in [-0.1, -0.05) is 12.1 Å². The van der Waals surface area contributed by atoms with E-state index in [2.05, 4.69) is 0 Å². The Morgan fingerprint density at radius 3 is 2.48 bits per heavy atom. The maximum Gasteiger partial charge on any atom is 0.343 e. The van der Waals surface area contributed by atoms with E-state index in [9.17, 15) is 14.9 Å². The van der Waals surface area contributed by atoms with Gasteiger partial charge in [-0.25, -0.2) is 4.79 Å². The Balaban J connectivity index is 1.76.